The molecule has 1 saturated carbocycles. The Kier molecular flexibility index (Phi) is 6.84. The largest absolute Gasteiger partial charge is 0.479 e. The van der Waals surface area contributed by atoms with Gasteiger partial charge in [0.1, 0.15) is 0 Å². The summed E-state index contributed by atoms with van der Waals surface area (Å²) in [5.41, 5.74) is 3.49. The number of carbonyl (C=O) groups excluding carboxylic acids is 1. The summed E-state index contributed by atoms with van der Waals surface area (Å²) in [7, 11) is 0. The number of rotatable bonds is 4. The molecule has 31 heavy (non-hydrogen) atoms. The number of aliphatic carboxylic acids is 1. The van der Waals surface area contributed by atoms with E-state index in [0.29, 0.717) is 18.2 Å². The summed E-state index contributed by atoms with van der Waals surface area (Å²) in [4.78, 5) is 28.0. The molecule has 1 heterocycles. The van der Waals surface area contributed by atoms with Crippen molar-refractivity contribution in [1.29, 1.82) is 0 Å². The minimum Gasteiger partial charge on any atom is -0.479 e. The van der Waals surface area contributed by atoms with Crippen LogP contribution in [0.1, 0.15) is 101 Å². The number of carboxylic acid groups (broad SMARTS) is 1. The lowest BCUT2D eigenvalue weighted by Gasteiger charge is -2.46. The van der Waals surface area contributed by atoms with Gasteiger partial charge in [0, 0.05) is 21.7 Å². The molecule has 1 amide bonds. The van der Waals surface area contributed by atoms with Gasteiger partial charge in [-0.1, -0.05) is 19.3 Å². The van der Waals surface area contributed by atoms with E-state index in [9.17, 15) is 14.7 Å². The number of carboxylic acids is 1. The molecule has 0 saturated heterocycles. The Balaban J connectivity index is 2.18. The van der Waals surface area contributed by atoms with Crippen molar-refractivity contribution in [1.82, 2.24) is 4.90 Å². The first kappa shape index (κ1) is 24.5. The number of amides is 1. The van der Waals surface area contributed by atoms with Crippen molar-refractivity contribution < 1.29 is 19.4 Å². The second-order valence-corrected chi connectivity index (χ2v) is 11.7. The van der Waals surface area contributed by atoms with Crippen LogP contribution in [0.5, 0.6) is 0 Å². The molecule has 172 valence electrons. The second-order valence-electron chi connectivity index (χ2n) is 10.6. The highest BCUT2D eigenvalue weighted by atomic mass is 127. The van der Waals surface area contributed by atoms with Crippen LogP contribution < -0.4 is 0 Å². The Labute approximate surface area is 200 Å². The van der Waals surface area contributed by atoms with E-state index in [-0.39, 0.29) is 5.91 Å². The number of hydrogen-bond acceptors (Lipinski definition) is 3. The Morgan fingerprint density at radius 2 is 1.74 bits per heavy atom. The van der Waals surface area contributed by atoms with Gasteiger partial charge < -0.3 is 14.7 Å². The fourth-order valence-electron chi connectivity index (χ4n) is 5.39. The minimum atomic E-state index is -1.07. The molecule has 3 rings (SSSR count). The summed E-state index contributed by atoms with van der Waals surface area (Å²) in [6.45, 7) is 14.2. The van der Waals surface area contributed by atoms with Crippen molar-refractivity contribution in [2.75, 3.05) is 0 Å². The number of nitrogens with zero attached hydrogens (tertiary/aromatic N) is 1. The third-order valence-corrected chi connectivity index (χ3v) is 8.21. The highest BCUT2D eigenvalue weighted by Crippen LogP contribution is 2.45. The number of ether oxygens (including phenoxy) is 1. The van der Waals surface area contributed by atoms with E-state index in [1.807, 2.05) is 41.5 Å². The predicted molar refractivity (Wildman–Crippen MR) is 130 cm³/mol. The van der Waals surface area contributed by atoms with Crippen LogP contribution in [-0.2, 0) is 26.3 Å². The van der Waals surface area contributed by atoms with E-state index in [0.717, 1.165) is 33.1 Å². The van der Waals surface area contributed by atoms with Crippen molar-refractivity contribution in [3.8, 4) is 0 Å². The zero-order valence-corrected chi connectivity index (χ0v) is 22.1. The van der Waals surface area contributed by atoms with Crippen LogP contribution in [0.3, 0.4) is 0 Å². The first-order valence-electron chi connectivity index (χ1n) is 11.3. The van der Waals surface area contributed by atoms with E-state index in [2.05, 4.69) is 34.4 Å². The first-order valence-corrected chi connectivity index (χ1v) is 12.4. The number of hydrogen-bond donors (Lipinski definition) is 1. The van der Waals surface area contributed by atoms with Crippen molar-refractivity contribution in [3.63, 3.8) is 0 Å². The molecule has 0 bridgehead atoms. The van der Waals surface area contributed by atoms with Gasteiger partial charge in [0.2, 0.25) is 5.91 Å². The highest BCUT2D eigenvalue weighted by molar-refractivity contribution is 14.1. The van der Waals surface area contributed by atoms with E-state index in [1.54, 1.807) is 0 Å². The van der Waals surface area contributed by atoms with Gasteiger partial charge in [-0.05, 0) is 106 Å². The van der Waals surface area contributed by atoms with E-state index in [1.165, 1.54) is 24.8 Å². The van der Waals surface area contributed by atoms with Gasteiger partial charge in [-0.2, -0.15) is 0 Å². The third kappa shape index (κ3) is 4.52. The maximum Gasteiger partial charge on any atom is 0.337 e. The normalized spacial score (nSPS) is 20.5. The Bertz CT molecular complexity index is 894. The van der Waals surface area contributed by atoms with Crippen LogP contribution in [0.2, 0.25) is 0 Å². The molecule has 1 aromatic rings. The molecule has 0 unspecified atom stereocenters. The maximum absolute atomic E-state index is 13.7. The molecule has 1 aliphatic carbocycles. The van der Waals surface area contributed by atoms with Crippen molar-refractivity contribution in [2.24, 2.45) is 0 Å². The minimum absolute atomic E-state index is 0.158. The van der Waals surface area contributed by atoms with Crippen molar-refractivity contribution in [3.05, 3.63) is 31.4 Å². The van der Waals surface area contributed by atoms with Crippen LogP contribution in [0.25, 0.3) is 0 Å². The summed E-state index contributed by atoms with van der Waals surface area (Å²) < 4.78 is 6.93. The molecule has 5 nitrogen and oxygen atoms in total. The molecule has 0 spiro atoms. The fourth-order valence-corrected chi connectivity index (χ4v) is 6.40. The fraction of sp³-hybridized carbons (Fsp3) is 0.680. The van der Waals surface area contributed by atoms with E-state index < -0.39 is 23.1 Å². The number of benzene rings is 1. The molecular formula is C25H36INO4. The van der Waals surface area contributed by atoms with Gasteiger partial charge in [-0.3, -0.25) is 4.79 Å². The second kappa shape index (κ2) is 8.65. The first-order chi connectivity index (χ1) is 14.3. The van der Waals surface area contributed by atoms with Crippen LogP contribution in [0.15, 0.2) is 0 Å². The van der Waals surface area contributed by atoms with Crippen LogP contribution >= 0.6 is 22.6 Å². The number of carbonyl (C=O) groups is 2. The van der Waals surface area contributed by atoms with Gasteiger partial charge >= 0.3 is 5.97 Å². The average Bonchev–Trinajstić information content (AvgIpc) is 2.67. The van der Waals surface area contributed by atoms with Crippen LogP contribution in [0, 0.1) is 17.4 Å². The van der Waals surface area contributed by atoms with Gasteiger partial charge in [0.05, 0.1) is 11.0 Å². The van der Waals surface area contributed by atoms with Crippen molar-refractivity contribution in [2.45, 2.75) is 110 Å². The highest BCUT2D eigenvalue weighted by Gasteiger charge is 2.46. The molecule has 2 aliphatic rings. The third-order valence-electron chi connectivity index (χ3n) is 6.82. The molecule has 0 aromatic heterocycles. The van der Waals surface area contributed by atoms with Crippen LogP contribution in [0.4, 0.5) is 0 Å². The molecule has 1 aromatic carbocycles. The monoisotopic (exact) mass is 541 g/mol. The standard InChI is InChI=1S/C25H36INO4/c1-14-17-13-27(16-11-9-8-10-12-16)23(30)25(6,7)19(17)15(2)18(20(14)26)21(22(28)29)31-24(3,4)5/h16,21H,8-13H2,1-7H3,(H,28,29)/t21-/m0/s1. The van der Waals surface area contributed by atoms with Gasteiger partial charge in [-0.15, -0.1) is 0 Å². The predicted octanol–water partition coefficient (Wildman–Crippen LogP) is 5.80. The lowest BCUT2D eigenvalue weighted by molar-refractivity contribution is -0.160. The Morgan fingerprint density at radius 3 is 2.26 bits per heavy atom. The summed E-state index contributed by atoms with van der Waals surface area (Å²) in [5, 5.41) is 10.0. The molecule has 1 aliphatic heterocycles. The summed E-state index contributed by atoms with van der Waals surface area (Å²) in [6.07, 6.45) is 4.69. The van der Waals surface area contributed by atoms with Gasteiger partial charge in [-0.25, -0.2) is 4.79 Å². The Hall–Kier alpha value is -1.15. The van der Waals surface area contributed by atoms with E-state index >= 15 is 0 Å². The lowest BCUT2D eigenvalue weighted by Crippen LogP contribution is -2.53. The summed E-state index contributed by atoms with van der Waals surface area (Å²) in [5.74, 6) is -0.843. The zero-order chi connectivity index (χ0) is 23.3. The molecule has 1 N–H and O–H groups in total. The average molecular weight is 541 g/mol. The smallest absolute Gasteiger partial charge is 0.337 e. The van der Waals surface area contributed by atoms with E-state index in [4.69, 9.17) is 4.74 Å². The van der Waals surface area contributed by atoms with Gasteiger partial charge in [0.15, 0.2) is 6.10 Å². The molecule has 1 atom stereocenters. The summed E-state index contributed by atoms with van der Waals surface area (Å²) in [6, 6.07) is 0.307. The lowest BCUT2D eigenvalue weighted by atomic mass is 9.71. The number of halogens is 1. The molecular weight excluding hydrogens is 505 g/mol. The maximum atomic E-state index is 13.7. The quantitative estimate of drug-likeness (QED) is 0.490. The SMILES string of the molecule is Cc1c(I)c([C@H](OC(C)(C)C)C(=O)O)c(C)c2c1CN(C1CCCCC1)C(=O)C2(C)C. The topological polar surface area (TPSA) is 66.8 Å². The van der Waals surface area contributed by atoms with Gasteiger partial charge in [0.25, 0.3) is 0 Å². The summed E-state index contributed by atoms with van der Waals surface area (Å²) >= 11 is 2.27. The zero-order valence-electron chi connectivity index (χ0n) is 19.9. The number of fused-ring (bicyclic) bond motifs is 1. The molecule has 6 heteroatoms. The van der Waals surface area contributed by atoms with Crippen LogP contribution in [-0.4, -0.2) is 33.5 Å². The van der Waals surface area contributed by atoms with Crippen molar-refractivity contribution >= 4 is 34.5 Å². The molecule has 1 fully saturated rings. The molecule has 0 radical (unpaired) electrons. The Morgan fingerprint density at radius 1 is 1.16 bits per heavy atom.